The molecule has 136 valence electrons. The van der Waals surface area contributed by atoms with Crippen molar-refractivity contribution in [1.82, 2.24) is 4.90 Å². The Labute approximate surface area is 158 Å². The normalized spacial score (nSPS) is 25.4. The van der Waals surface area contributed by atoms with Gasteiger partial charge in [0.05, 0.1) is 0 Å². The molecule has 0 spiro atoms. The molecule has 2 aliphatic rings. The van der Waals surface area contributed by atoms with E-state index in [1.165, 1.54) is 5.56 Å². The zero-order valence-corrected chi connectivity index (χ0v) is 15.7. The van der Waals surface area contributed by atoms with Crippen LogP contribution in [0.15, 0.2) is 54.6 Å². The third kappa shape index (κ3) is 3.54. The molecular weight excluding hydrogens is 346 g/mol. The molecule has 2 aromatic rings. The van der Waals surface area contributed by atoms with Gasteiger partial charge in [-0.2, -0.15) is 11.8 Å². The van der Waals surface area contributed by atoms with E-state index in [4.69, 9.17) is 9.47 Å². The predicted molar refractivity (Wildman–Crippen MR) is 104 cm³/mol. The zero-order valence-electron chi connectivity index (χ0n) is 14.8. The fourth-order valence-corrected chi connectivity index (χ4v) is 4.73. The molecule has 3 atom stereocenters. The number of hydrogen-bond acceptors (Lipinski definition) is 4. The fourth-order valence-electron chi connectivity index (χ4n) is 3.50. The molecule has 0 saturated carbocycles. The number of nitrogens with zero attached hydrogens (tertiary/aromatic N) is 1. The van der Waals surface area contributed by atoms with Crippen molar-refractivity contribution in [3.05, 3.63) is 60.2 Å². The summed E-state index contributed by atoms with van der Waals surface area (Å²) in [4.78, 5) is 15.0. The Morgan fingerprint density at radius 3 is 2.46 bits per heavy atom. The van der Waals surface area contributed by atoms with Crippen LogP contribution in [0.5, 0.6) is 11.5 Å². The van der Waals surface area contributed by atoms with Crippen molar-refractivity contribution in [2.45, 2.75) is 30.8 Å². The lowest BCUT2D eigenvalue weighted by Crippen LogP contribution is -2.51. The first-order chi connectivity index (χ1) is 12.7. The van der Waals surface area contributed by atoms with Gasteiger partial charge >= 0.3 is 0 Å². The molecule has 0 aliphatic carbocycles. The van der Waals surface area contributed by atoms with Crippen LogP contribution < -0.4 is 9.47 Å². The highest BCUT2D eigenvalue weighted by atomic mass is 32.2. The maximum absolute atomic E-state index is 13.1. The number of hydrogen-bond donors (Lipinski definition) is 0. The van der Waals surface area contributed by atoms with E-state index in [-0.39, 0.29) is 12.0 Å². The van der Waals surface area contributed by atoms with E-state index in [1.54, 1.807) is 0 Å². The molecule has 2 heterocycles. The number of para-hydroxylation sites is 2. The minimum Gasteiger partial charge on any atom is -0.482 e. The Kier molecular flexibility index (Phi) is 5.07. The summed E-state index contributed by atoms with van der Waals surface area (Å²) in [5.41, 5.74) is 1.34. The van der Waals surface area contributed by atoms with Crippen molar-refractivity contribution in [1.29, 1.82) is 0 Å². The minimum atomic E-state index is -0.580. The largest absolute Gasteiger partial charge is 0.482 e. The van der Waals surface area contributed by atoms with Gasteiger partial charge < -0.3 is 14.4 Å². The smallest absolute Gasteiger partial charge is 0.267 e. The number of carbonyl (C=O) groups is 1. The van der Waals surface area contributed by atoms with Crippen LogP contribution in [-0.2, 0) is 4.79 Å². The molecule has 2 aromatic carbocycles. The maximum Gasteiger partial charge on any atom is 0.267 e. The van der Waals surface area contributed by atoms with Crippen LogP contribution in [0.4, 0.5) is 0 Å². The maximum atomic E-state index is 13.1. The van der Waals surface area contributed by atoms with Gasteiger partial charge in [-0.1, -0.05) is 42.5 Å². The second kappa shape index (κ2) is 7.62. The monoisotopic (exact) mass is 369 g/mol. The Morgan fingerprint density at radius 1 is 1.00 bits per heavy atom. The number of ether oxygens (including phenoxy) is 2. The van der Waals surface area contributed by atoms with Crippen molar-refractivity contribution >= 4 is 17.7 Å². The summed E-state index contributed by atoms with van der Waals surface area (Å²) in [7, 11) is 0. The third-order valence-corrected chi connectivity index (χ3v) is 6.24. The van der Waals surface area contributed by atoms with E-state index in [9.17, 15) is 4.79 Å². The Bertz CT molecular complexity index is 767. The minimum absolute atomic E-state index is 0.0290. The highest BCUT2D eigenvalue weighted by molar-refractivity contribution is 7.99. The van der Waals surface area contributed by atoms with Gasteiger partial charge in [0.25, 0.3) is 5.91 Å². The highest BCUT2D eigenvalue weighted by Gasteiger charge is 2.37. The molecule has 1 amide bonds. The van der Waals surface area contributed by atoms with Crippen LogP contribution in [0.3, 0.4) is 0 Å². The van der Waals surface area contributed by atoms with Crippen molar-refractivity contribution < 1.29 is 14.3 Å². The molecule has 0 radical (unpaired) electrons. The van der Waals surface area contributed by atoms with Gasteiger partial charge in [0, 0.05) is 24.1 Å². The number of thioether (sulfide) groups is 1. The van der Waals surface area contributed by atoms with Crippen LogP contribution in [0.2, 0.25) is 0 Å². The van der Waals surface area contributed by atoms with Crippen LogP contribution in [0.25, 0.3) is 0 Å². The lowest BCUT2D eigenvalue weighted by atomic mass is 10.1. The lowest BCUT2D eigenvalue weighted by molar-refractivity contribution is -0.144. The average Bonchev–Trinajstić information content (AvgIpc) is 2.94. The molecule has 26 heavy (non-hydrogen) atoms. The van der Waals surface area contributed by atoms with Crippen molar-refractivity contribution in [3.63, 3.8) is 0 Å². The summed E-state index contributed by atoms with van der Waals surface area (Å²) in [6.07, 6.45) is 0.0836. The van der Waals surface area contributed by atoms with Gasteiger partial charge in [0.2, 0.25) is 6.10 Å². The summed E-state index contributed by atoms with van der Waals surface area (Å²) in [6, 6.07) is 18.1. The Morgan fingerprint density at radius 2 is 1.69 bits per heavy atom. The molecule has 1 fully saturated rings. The number of rotatable bonds is 2. The molecular formula is C21H23NO3S. The molecule has 2 aliphatic heterocycles. The molecule has 3 unspecified atom stereocenters. The second-order valence-corrected chi connectivity index (χ2v) is 8.00. The van der Waals surface area contributed by atoms with Crippen LogP contribution in [0, 0.1) is 0 Å². The predicted octanol–water partition coefficient (Wildman–Crippen LogP) is 3.92. The van der Waals surface area contributed by atoms with Crippen LogP contribution >= 0.6 is 11.8 Å². The van der Waals surface area contributed by atoms with E-state index in [0.29, 0.717) is 16.7 Å². The molecule has 4 nitrogen and oxygen atoms in total. The first kappa shape index (κ1) is 17.3. The van der Waals surface area contributed by atoms with E-state index in [1.807, 2.05) is 53.9 Å². The van der Waals surface area contributed by atoms with Gasteiger partial charge in [-0.15, -0.1) is 0 Å². The number of fused-ring (bicyclic) bond motifs is 1. The van der Waals surface area contributed by atoms with E-state index >= 15 is 0 Å². The molecule has 0 N–H and O–H groups in total. The van der Waals surface area contributed by atoms with Crippen molar-refractivity contribution in [3.8, 4) is 11.5 Å². The average molecular weight is 369 g/mol. The topological polar surface area (TPSA) is 38.8 Å². The van der Waals surface area contributed by atoms with Gasteiger partial charge in [-0.05, 0) is 31.0 Å². The summed E-state index contributed by atoms with van der Waals surface area (Å²) in [5.74, 6) is 2.32. The summed E-state index contributed by atoms with van der Waals surface area (Å²) in [6.45, 7) is 3.40. The van der Waals surface area contributed by atoms with Gasteiger partial charge in [-0.25, -0.2) is 0 Å². The van der Waals surface area contributed by atoms with Gasteiger partial charge in [-0.3, -0.25) is 4.79 Å². The Balaban J connectivity index is 1.44. The van der Waals surface area contributed by atoms with Crippen LogP contribution in [-0.4, -0.2) is 41.9 Å². The molecule has 0 bridgehead atoms. The fraction of sp³-hybridized carbons (Fsp3) is 0.381. The lowest BCUT2D eigenvalue weighted by Gasteiger charge is -2.34. The first-order valence-corrected chi connectivity index (χ1v) is 10.1. The third-order valence-electron chi connectivity index (χ3n) is 4.91. The quantitative estimate of drug-likeness (QED) is 0.804. The van der Waals surface area contributed by atoms with Crippen LogP contribution in [0.1, 0.15) is 24.2 Å². The summed E-state index contributed by atoms with van der Waals surface area (Å²) < 4.78 is 11.9. The number of benzene rings is 2. The van der Waals surface area contributed by atoms with Gasteiger partial charge in [0.15, 0.2) is 11.5 Å². The first-order valence-electron chi connectivity index (χ1n) is 9.10. The SMILES string of the molecule is CC1Oc2ccccc2OC1C(=O)N1CCSC(c2ccccc2)CC1. The second-order valence-electron chi connectivity index (χ2n) is 6.69. The van der Waals surface area contributed by atoms with E-state index in [2.05, 4.69) is 24.3 Å². The van der Waals surface area contributed by atoms with Crippen molar-refractivity contribution in [2.75, 3.05) is 18.8 Å². The van der Waals surface area contributed by atoms with E-state index < -0.39 is 6.10 Å². The number of carbonyl (C=O) groups excluding carboxylic acids is 1. The zero-order chi connectivity index (χ0) is 17.9. The van der Waals surface area contributed by atoms with E-state index in [0.717, 1.165) is 25.3 Å². The molecule has 4 rings (SSSR count). The number of amides is 1. The van der Waals surface area contributed by atoms with Gasteiger partial charge in [0.1, 0.15) is 6.10 Å². The standard InChI is InChI=1S/C21H23NO3S/c1-15-20(25-18-10-6-5-9-17(18)24-15)21(23)22-12-11-19(26-14-13-22)16-7-3-2-4-8-16/h2-10,15,19-20H,11-14H2,1H3. The molecule has 1 saturated heterocycles. The molecule has 5 heteroatoms. The molecule has 0 aromatic heterocycles. The van der Waals surface area contributed by atoms with Crippen molar-refractivity contribution in [2.24, 2.45) is 0 Å². The summed E-state index contributed by atoms with van der Waals surface area (Å²) >= 11 is 1.93. The Hall–Kier alpha value is -2.14. The highest BCUT2D eigenvalue weighted by Crippen LogP contribution is 2.36. The summed E-state index contributed by atoms with van der Waals surface area (Å²) in [5, 5.41) is 0.440.